The van der Waals surface area contributed by atoms with E-state index in [-0.39, 0.29) is 25.7 Å². The summed E-state index contributed by atoms with van der Waals surface area (Å²) in [7, 11) is -9.90. The summed E-state index contributed by atoms with van der Waals surface area (Å²) >= 11 is 0. The maximum atomic E-state index is 13.0. The Hall–Kier alpha value is -1.94. The second-order valence-corrected chi connectivity index (χ2v) is 29.8. The summed E-state index contributed by atoms with van der Waals surface area (Å²) in [5.74, 6) is 0.830. The molecule has 0 aromatic heterocycles. The van der Waals surface area contributed by atoms with Gasteiger partial charge in [0, 0.05) is 25.7 Å². The fourth-order valence-electron chi connectivity index (χ4n) is 10.5. The summed E-state index contributed by atoms with van der Waals surface area (Å²) in [6, 6.07) is 0. The smallest absolute Gasteiger partial charge is 0.462 e. The van der Waals surface area contributed by atoms with Crippen LogP contribution in [0.5, 0.6) is 0 Å². The zero-order valence-corrected chi connectivity index (χ0v) is 59.8. The lowest BCUT2D eigenvalue weighted by Gasteiger charge is -2.21. The number of hydrogen-bond acceptors (Lipinski definition) is 15. The molecule has 0 heterocycles. The summed E-state index contributed by atoms with van der Waals surface area (Å²) in [6.07, 6.45) is 41.8. The van der Waals surface area contributed by atoms with Gasteiger partial charge in [-0.1, -0.05) is 293 Å². The van der Waals surface area contributed by atoms with Gasteiger partial charge in [0.25, 0.3) is 0 Å². The Morgan fingerprint density at radius 3 is 0.798 bits per heavy atom. The quantitative estimate of drug-likeness (QED) is 0.0222. The molecule has 89 heavy (non-hydrogen) atoms. The summed E-state index contributed by atoms with van der Waals surface area (Å²) in [5.41, 5.74) is 0. The van der Waals surface area contributed by atoms with Gasteiger partial charge in [0.2, 0.25) is 0 Å². The standard InChI is InChI=1S/C70H136O17P2/c1-9-63(8)49-41-33-28-29-37-45-53-70(75)87-66(57-81-68(73)51-43-35-26-20-18-23-31-39-47-61(4)5)59-85-89(78,79)83-55-64(71)54-82-88(76,77)84-58-65(86-69(74)52-44-36-27-21-19-24-32-40-48-62(6)7)56-80-67(72)50-42-34-25-17-15-13-11-10-12-14-16-22-30-38-46-60(2)3/h60-66,71H,9-59H2,1-8H3,(H,76,77)(H,78,79)/t63?,64?,65-,66-/m1/s1. The molecular formula is C70H136O17P2. The van der Waals surface area contributed by atoms with Crippen molar-refractivity contribution < 1.29 is 80.2 Å². The van der Waals surface area contributed by atoms with Crippen LogP contribution in [0, 0.1) is 23.7 Å². The Balaban J connectivity index is 5.21. The topological polar surface area (TPSA) is 237 Å². The van der Waals surface area contributed by atoms with E-state index >= 15 is 0 Å². The molecule has 0 saturated carbocycles. The van der Waals surface area contributed by atoms with Gasteiger partial charge in [0.05, 0.1) is 26.4 Å². The summed E-state index contributed by atoms with van der Waals surface area (Å²) in [6.45, 7) is 14.0. The maximum Gasteiger partial charge on any atom is 0.472 e. The number of unbranched alkanes of at least 4 members (excludes halogenated alkanes) is 32. The zero-order chi connectivity index (χ0) is 66.1. The van der Waals surface area contributed by atoms with E-state index in [0.717, 1.165) is 114 Å². The first-order valence-corrected chi connectivity index (χ1v) is 39.2. The van der Waals surface area contributed by atoms with Crippen molar-refractivity contribution in [3.8, 4) is 0 Å². The van der Waals surface area contributed by atoms with E-state index < -0.39 is 97.5 Å². The molecule has 0 amide bonds. The fourth-order valence-corrected chi connectivity index (χ4v) is 12.0. The SMILES string of the molecule is CCC(C)CCCCCCCCC(=O)O[C@H](COC(=O)CCCCCCCCCCC(C)C)COP(=O)(O)OCC(O)COP(=O)(O)OC[C@@H](COC(=O)CCCCCCCCCCCCCCCCC(C)C)OC(=O)CCCCCCCCCCC(C)C. The molecule has 0 fully saturated rings. The van der Waals surface area contributed by atoms with E-state index in [2.05, 4.69) is 55.4 Å². The van der Waals surface area contributed by atoms with E-state index in [0.29, 0.717) is 25.7 Å². The number of phosphoric ester groups is 2. The van der Waals surface area contributed by atoms with Gasteiger partial charge in [-0.15, -0.1) is 0 Å². The van der Waals surface area contributed by atoms with Crippen molar-refractivity contribution in [1.29, 1.82) is 0 Å². The van der Waals surface area contributed by atoms with Gasteiger partial charge in [0.15, 0.2) is 12.2 Å². The van der Waals surface area contributed by atoms with Gasteiger partial charge >= 0.3 is 39.5 Å². The molecule has 0 aromatic rings. The van der Waals surface area contributed by atoms with Crippen LogP contribution < -0.4 is 0 Å². The first-order valence-electron chi connectivity index (χ1n) is 36.2. The number of aliphatic hydroxyl groups is 1. The number of hydrogen-bond donors (Lipinski definition) is 3. The Labute approximate surface area is 543 Å². The fraction of sp³-hybridized carbons (Fsp3) is 0.943. The molecule has 0 aliphatic carbocycles. The van der Waals surface area contributed by atoms with Gasteiger partial charge in [0.1, 0.15) is 19.3 Å². The van der Waals surface area contributed by atoms with Crippen LogP contribution in [-0.2, 0) is 65.4 Å². The Morgan fingerprint density at radius 1 is 0.315 bits per heavy atom. The molecule has 0 bridgehead atoms. The third-order valence-electron chi connectivity index (χ3n) is 16.4. The molecule has 0 saturated heterocycles. The maximum absolute atomic E-state index is 13.0. The largest absolute Gasteiger partial charge is 0.472 e. The second kappa shape index (κ2) is 59.8. The van der Waals surface area contributed by atoms with Gasteiger partial charge in [-0.3, -0.25) is 37.3 Å². The van der Waals surface area contributed by atoms with Crippen LogP contribution in [0.15, 0.2) is 0 Å². The van der Waals surface area contributed by atoms with Crippen molar-refractivity contribution in [1.82, 2.24) is 0 Å². The molecule has 0 spiro atoms. The number of esters is 4. The second-order valence-electron chi connectivity index (χ2n) is 26.9. The van der Waals surface area contributed by atoms with E-state index in [1.165, 1.54) is 148 Å². The van der Waals surface area contributed by atoms with Crippen molar-refractivity contribution in [3.63, 3.8) is 0 Å². The van der Waals surface area contributed by atoms with Crippen molar-refractivity contribution in [2.45, 2.75) is 363 Å². The Bertz CT molecular complexity index is 1770. The number of carbonyl (C=O) groups excluding carboxylic acids is 4. The average Bonchev–Trinajstić information content (AvgIpc) is 3.70. The lowest BCUT2D eigenvalue weighted by Crippen LogP contribution is -2.30. The molecule has 3 N–H and O–H groups in total. The molecule has 528 valence electrons. The van der Waals surface area contributed by atoms with Crippen LogP contribution in [0.4, 0.5) is 0 Å². The third kappa shape index (κ3) is 63.2. The van der Waals surface area contributed by atoms with Crippen LogP contribution in [0.1, 0.15) is 344 Å². The summed E-state index contributed by atoms with van der Waals surface area (Å²) < 4.78 is 68.2. The Morgan fingerprint density at radius 2 is 0.539 bits per heavy atom. The van der Waals surface area contributed by atoms with Crippen LogP contribution >= 0.6 is 15.6 Å². The predicted octanol–water partition coefficient (Wildman–Crippen LogP) is 19.7. The highest BCUT2D eigenvalue weighted by Crippen LogP contribution is 2.45. The molecule has 17 nitrogen and oxygen atoms in total. The minimum absolute atomic E-state index is 0.102. The number of phosphoric acid groups is 2. The third-order valence-corrected chi connectivity index (χ3v) is 18.3. The molecular weight excluding hydrogens is 1170 g/mol. The van der Waals surface area contributed by atoms with Gasteiger partial charge < -0.3 is 33.8 Å². The first kappa shape index (κ1) is 87.1. The number of rotatable bonds is 67. The molecule has 0 aromatic carbocycles. The van der Waals surface area contributed by atoms with Gasteiger partial charge in [-0.25, -0.2) is 9.13 Å². The number of ether oxygens (including phenoxy) is 4. The van der Waals surface area contributed by atoms with Crippen LogP contribution in [0.3, 0.4) is 0 Å². The van der Waals surface area contributed by atoms with Crippen LogP contribution in [0.2, 0.25) is 0 Å². The van der Waals surface area contributed by atoms with Crippen molar-refractivity contribution >= 4 is 39.5 Å². The highest BCUT2D eigenvalue weighted by atomic mass is 31.2. The van der Waals surface area contributed by atoms with E-state index in [9.17, 15) is 43.2 Å². The summed E-state index contributed by atoms with van der Waals surface area (Å²) in [5, 5.41) is 10.6. The minimum Gasteiger partial charge on any atom is -0.462 e. The van der Waals surface area contributed by atoms with E-state index in [4.69, 9.17) is 37.0 Å². The molecule has 0 aliphatic heterocycles. The number of aliphatic hydroxyl groups excluding tert-OH is 1. The van der Waals surface area contributed by atoms with Gasteiger partial charge in [-0.2, -0.15) is 0 Å². The minimum atomic E-state index is -4.95. The molecule has 0 radical (unpaired) electrons. The normalized spacial score (nSPS) is 14.6. The van der Waals surface area contributed by atoms with Crippen LogP contribution in [-0.4, -0.2) is 96.7 Å². The molecule has 0 rings (SSSR count). The zero-order valence-electron chi connectivity index (χ0n) is 58.1. The summed E-state index contributed by atoms with van der Waals surface area (Å²) in [4.78, 5) is 72.5. The van der Waals surface area contributed by atoms with Crippen molar-refractivity contribution in [2.24, 2.45) is 23.7 Å². The highest BCUT2D eigenvalue weighted by Gasteiger charge is 2.30. The monoisotopic (exact) mass is 1310 g/mol. The molecule has 0 aliphatic rings. The first-order chi connectivity index (χ1) is 42.6. The van der Waals surface area contributed by atoms with E-state index in [1.807, 2.05) is 0 Å². The molecule has 6 atom stereocenters. The molecule has 4 unspecified atom stereocenters. The van der Waals surface area contributed by atoms with Crippen molar-refractivity contribution in [2.75, 3.05) is 39.6 Å². The molecule has 19 heteroatoms. The highest BCUT2D eigenvalue weighted by molar-refractivity contribution is 7.47. The van der Waals surface area contributed by atoms with Crippen molar-refractivity contribution in [3.05, 3.63) is 0 Å². The van der Waals surface area contributed by atoms with Crippen LogP contribution in [0.25, 0.3) is 0 Å². The van der Waals surface area contributed by atoms with E-state index in [1.54, 1.807) is 0 Å². The lowest BCUT2D eigenvalue weighted by molar-refractivity contribution is -0.161. The average molecular weight is 1310 g/mol. The number of carbonyl (C=O) groups is 4. The Kier molecular flexibility index (Phi) is 58.5. The van der Waals surface area contributed by atoms with Gasteiger partial charge in [-0.05, 0) is 49.4 Å². The predicted molar refractivity (Wildman–Crippen MR) is 358 cm³/mol. The lowest BCUT2D eigenvalue weighted by atomic mass is 10.00.